The molecule has 0 bridgehead atoms. The van der Waals surface area contributed by atoms with Gasteiger partial charge in [0.2, 0.25) is 11.8 Å². The number of carbonyl (C=O) groups is 2. The summed E-state index contributed by atoms with van der Waals surface area (Å²) < 4.78 is 34.4. The molecule has 224 valence electrons. The summed E-state index contributed by atoms with van der Waals surface area (Å²) in [6.07, 6.45) is 4.29. The van der Waals surface area contributed by atoms with E-state index in [9.17, 15) is 18.0 Å². The number of nitrogens with one attached hydrogen (secondary N) is 1. The van der Waals surface area contributed by atoms with Gasteiger partial charge < -0.3 is 15.0 Å². The predicted molar refractivity (Wildman–Crippen MR) is 165 cm³/mol. The summed E-state index contributed by atoms with van der Waals surface area (Å²) in [6.45, 7) is 3.23. The maximum atomic E-state index is 14.3. The quantitative estimate of drug-likeness (QED) is 0.283. The van der Waals surface area contributed by atoms with E-state index in [1.54, 1.807) is 62.6 Å². The SMILES string of the molecule is CCC(C(=O)NC1CCCC1)N(Cc1ccc(OC)cc1)C(=O)CN(c1cc(Cl)ccc1C)S(=O)(=O)c1ccccc1. The van der Waals surface area contributed by atoms with Gasteiger partial charge in [0, 0.05) is 17.6 Å². The fourth-order valence-electron chi connectivity index (χ4n) is 5.30. The van der Waals surface area contributed by atoms with Crippen LogP contribution in [0, 0.1) is 6.92 Å². The standard InChI is InChI=1S/C32H38ClN3O5S/c1-4-29(32(38)34-26-10-8-9-11-26)35(21-24-15-18-27(41-3)19-16-24)31(37)22-36(30-20-25(33)17-14-23(30)2)42(39,40)28-12-6-5-7-13-28/h5-7,12-20,26,29H,4,8-11,21-22H2,1-3H3,(H,34,38). The van der Waals surface area contributed by atoms with Gasteiger partial charge in [-0.05, 0) is 73.7 Å². The Bertz CT molecular complexity index is 1480. The number of hydrogen-bond donors (Lipinski definition) is 1. The number of benzene rings is 3. The number of sulfonamides is 1. The van der Waals surface area contributed by atoms with Crippen molar-refractivity contribution >= 4 is 39.1 Å². The number of amides is 2. The zero-order valence-electron chi connectivity index (χ0n) is 24.3. The largest absolute Gasteiger partial charge is 0.497 e. The zero-order valence-corrected chi connectivity index (χ0v) is 25.8. The lowest BCUT2D eigenvalue weighted by Gasteiger charge is -2.34. The fourth-order valence-corrected chi connectivity index (χ4v) is 6.96. The van der Waals surface area contributed by atoms with Crippen LogP contribution in [0.15, 0.2) is 77.7 Å². The first-order valence-corrected chi connectivity index (χ1v) is 16.0. The number of aryl methyl sites for hydroxylation is 1. The molecule has 1 unspecified atom stereocenters. The summed E-state index contributed by atoms with van der Waals surface area (Å²) in [5.41, 5.74) is 1.72. The van der Waals surface area contributed by atoms with Crippen LogP contribution in [0.3, 0.4) is 0 Å². The van der Waals surface area contributed by atoms with Crippen molar-refractivity contribution in [2.75, 3.05) is 18.0 Å². The highest BCUT2D eigenvalue weighted by molar-refractivity contribution is 7.92. The molecule has 0 aromatic heterocycles. The molecular weight excluding hydrogens is 574 g/mol. The summed E-state index contributed by atoms with van der Waals surface area (Å²) >= 11 is 6.30. The molecule has 1 atom stereocenters. The lowest BCUT2D eigenvalue weighted by atomic mass is 10.1. The van der Waals surface area contributed by atoms with E-state index >= 15 is 0 Å². The van der Waals surface area contributed by atoms with Crippen LogP contribution in [-0.2, 0) is 26.2 Å². The maximum Gasteiger partial charge on any atom is 0.264 e. The molecule has 1 N–H and O–H groups in total. The second kappa shape index (κ2) is 14.1. The molecule has 0 radical (unpaired) electrons. The van der Waals surface area contributed by atoms with Gasteiger partial charge in [0.05, 0.1) is 17.7 Å². The first kappa shape index (κ1) is 31.4. The molecule has 42 heavy (non-hydrogen) atoms. The van der Waals surface area contributed by atoms with Crippen LogP contribution in [0.5, 0.6) is 5.75 Å². The average molecular weight is 612 g/mol. The van der Waals surface area contributed by atoms with Crippen molar-refractivity contribution in [1.82, 2.24) is 10.2 Å². The third kappa shape index (κ3) is 7.44. The number of hydrogen-bond acceptors (Lipinski definition) is 5. The monoisotopic (exact) mass is 611 g/mol. The molecule has 0 aliphatic heterocycles. The van der Waals surface area contributed by atoms with Gasteiger partial charge >= 0.3 is 0 Å². The molecule has 1 aliphatic rings. The lowest BCUT2D eigenvalue weighted by molar-refractivity contribution is -0.140. The van der Waals surface area contributed by atoms with Crippen LogP contribution in [0.25, 0.3) is 0 Å². The van der Waals surface area contributed by atoms with Crippen LogP contribution in [0.1, 0.15) is 50.2 Å². The maximum absolute atomic E-state index is 14.3. The Kier molecular flexibility index (Phi) is 10.5. The second-order valence-corrected chi connectivity index (χ2v) is 12.8. The predicted octanol–water partition coefficient (Wildman–Crippen LogP) is 5.72. The second-order valence-electron chi connectivity index (χ2n) is 10.5. The Morgan fingerprint density at radius 3 is 2.31 bits per heavy atom. The van der Waals surface area contributed by atoms with E-state index in [4.69, 9.17) is 16.3 Å². The Labute approximate surface area is 253 Å². The summed E-state index contributed by atoms with van der Waals surface area (Å²) in [6, 6.07) is 19.4. The fraction of sp³-hybridized carbons (Fsp3) is 0.375. The molecule has 0 saturated heterocycles. The highest BCUT2D eigenvalue weighted by Gasteiger charge is 2.35. The minimum atomic E-state index is -4.17. The summed E-state index contributed by atoms with van der Waals surface area (Å²) in [7, 11) is -2.59. The Morgan fingerprint density at radius 2 is 1.69 bits per heavy atom. The van der Waals surface area contributed by atoms with E-state index in [1.165, 1.54) is 17.0 Å². The van der Waals surface area contributed by atoms with Crippen LogP contribution >= 0.6 is 11.6 Å². The summed E-state index contributed by atoms with van der Waals surface area (Å²) in [4.78, 5) is 29.4. The topological polar surface area (TPSA) is 96.0 Å². The van der Waals surface area contributed by atoms with Gasteiger partial charge in [-0.2, -0.15) is 0 Å². The van der Waals surface area contributed by atoms with E-state index in [-0.39, 0.29) is 23.4 Å². The normalized spacial score (nSPS) is 14.3. The van der Waals surface area contributed by atoms with Crippen LogP contribution in [-0.4, -0.2) is 50.9 Å². The van der Waals surface area contributed by atoms with Crippen molar-refractivity contribution in [2.24, 2.45) is 0 Å². The highest BCUT2D eigenvalue weighted by atomic mass is 35.5. The van der Waals surface area contributed by atoms with Gasteiger partial charge in [0.1, 0.15) is 18.3 Å². The number of anilines is 1. The number of halogens is 1. The molecule has 0 spiro atoms. The number of carbonyl (C=O) groups excluding carboxylic acids is 2. The van der Waals surface area contributed by atoms with Gasteiger partial charge in [0.25, 0.3) is 10.0 Å². The first-order valence-electron chi connectivity index (χ1n) is 14.2. The molecule has 1 fully saturated rings. The van der Waals surface area contributed by atoms with Crippen LogP contribution < -0.4 is 14.4 Å². The molecule has 3 aromatic rings. The third-order valence-corrected chi connectivity index (χ3v) is 9.66. The van der Waals surface area contributed by atoms with Gasteiger partial charge in [-0.3, -0.25) is 13.9 Å². The lowest BCUT2D eigenvalue weighted by Crippen LogP contribution is -2.53. The summed E-state index contributed by atoms with van der Waals surface area (Å²) in [5.74, 6) is -0.0695. The summed E-state index contributed by atoms with van der Waals surface area (Å²) in [5, 5.41) is 3.47. The molecule has 2 amide bonds. The van der Waals surface area contributed by atoms with Crippen molar-refractivity contribution in [3.8, 4) is 5.75 Å². The average Bonchev–Trinajstić information content (AvgIpc) is 3.50. The number of nitrogens with zero attached hydrogens (tertiary/aromatic N) is 2. The zero-order chi connectivity index (χ0) is 30.3. The molecule has 1 aliphatic carbocycles. The van der Waals surface area contributed by atoms with Crippen molar-refractivity contribution < 1.29 is 22.7 Å². The molecule has 1 saturated carbocycles. The number of ether oxygens (including phenoxy) is 1. The highest BCUT2D eigenvalue weighted by Crippen LogP contribution is 2.30. The van der Waals surface area contributed by atoms with Crippen LogP contribution in [0.2, 0.25) is 5.02 Å². The van der Waals surface area contributed by atoms with Crippen molar-refractivity contribution in [3.05, 3.63) is 88.9 Å². The molecule has 8 nitrogen and oxygen atoms in total. The van der Waals surface area contributed by atoms with Gasteiger partial charge in [0.15, 0.2) is 0 Å². The van der Waals surface area contributed by atoms with Crippen molar-refractivity contribution in [3.63, 3.8) is 0 Å². The number of rotatable bonds is 12. The molecule has 4 rings (SSSR count). The minimum absolute atomic E-state index is 0.0462. The van der Waals surface area contributed by atoms with Crippen molar-refractivity contribution in [2.45, 2.75) is 69.5 Å². The molecule has 0 heterocycles. The molecule has 3 aromatic carbocycles. The minimum Gasteiger partial charge on any atom is -0.497 e. The van der Waals surface area contributed by atoms with Gasteiger partial charge in [-0.1, -0.05) is 67.8 Å². The van der Waals surface area contributed by atoms with Crippen molar-refractivity contribution in [1.29, 1.82) is 0 Å². The Balaban J connectivity index is 1.73. The van der Waals surface area contributed by atoms with E-state index in [0.29, 0.717) is 28.4 Å². The van der Waals surface area contributed by atoms with E-state index in [1.807, 2.05) is 19.1 Å². The Morgan fingerprint density at radius 1 is 1.02 bits per heavy atom. The molecular formula is C32H38ClN3O5S. The van der Waals surface area contributed by atoms with Gasteiger partial charge in [-0.15, -0.1) is 0 Å². The third-order valence-electron chi connectivity index (χ3n) is 7.65. The molecule has 10 heteroatoms. The van der Waals surface area contributed by atoms with Gasteiger partial charge in [-0.25, -0.2) is 8.42 Å². The number of methoxy groups -OCH3 is 1. The van der Waals surface area contributed by atoms with Crippen LogP contribution in [0.4, 0.5) is 5.69 Å². The smallest absolute Gasteiger partial charge is 0.264 e. The van der Waals surface area contributed by atoms with E-state index in [2.05, 4.69) is 5.32 Å². The van der Waals surface area contributed by atoms with E-state index in [0.717, 1.165) is 35.6 Å². The Hall–Kier alpha value is -3.56. The van der Waals surface area contributed by atoms with E-state index < -0.39 is 28.5 Å². The first-order chi connectivity index (χ1) is 20.1.